The van der Waals surface area contributed by atoms with E-state index in [-0.39, 0.29) is 12.0 Å². The number of aliphatic hydroxyl groups excluding tert-OH is 1. The lowest BCUT2D eigenvalue weighted by atomic mass is 10.1. The van der Waals surface area contributed by atoms with E-state index in [9.17, 15) is 5.11 Å². The van der Waals surface area contributed by atoms with E-state index in [4.69, 9.17) is 15.0 Å². The summed E-state index contributed by atoms with van der Waals surface area (Å²) in [7, 11) is 0. The molecular formula is C28H39N9OS. The molecule has 3 aromatic rings. The highest BCUT2D eigenvalue weighted by atomic mass is 32.1. The van der Waals surface area contributed by atoms with E-state index in [2.05, 4.69) is 53.3 Å². The Morgan fingerprint density at radius 2 is 2.10 bits per heavy atom. The van der Waals surface area contributed by atoms with Gasteiger partial charge in [0.15, 0.2) is 0 Å². The van der Waals surface area contributed by atoms with Gasteiger partial charge in [-0.2, -0.15) is 4.98 Å². The van der Waals surface area contributed by atoms with Crippen molar-refractivity contribution in [1.29, 1.82) is 0 Å². The molecule has 5 rings (SSSR count). The van der Waals surface area contributed by atoms with Gasteiger partial charge in [-0.3, -0.25) is 9.67 Å². The van der Waals surface area contributed by atoms with Crippen LogP contribution in [-0.4, -0.2) is 59.0 Å². The molecule has 4 atom stereocenters. The second kappa shape index (κ2) is 11.9. The molecule has 0 radical (unpaired) electrons. The highest BCUT2D eigenvalue weighted by Gasteiger charge is 2.35. The number of nitrogens with one attached hydrogen (secondary N) is 2. The average Bonchev–Trinajstić information content (AvgIpc) is 3.34. The largest absolute Gasteiger partial charge is 0.393 e. The van der Waals surface area contributed by atoms with Crippen LogP contribution >= 0.6 is 11.3 Å². The number of rotatable bonds is 12. The van der Waals surface area contributed by atoms with Crippen LogP contribution in [0, 0.1) is 25.7 Å². The van der Waals surface area contributed by atoms with Gasteiger partial charge >= 0.3 is 0 Å². The predicted octanol–water partition coefficient (Wildman–Crippen LogP) is 5.00. The zero-order chi connectivity index (χ0) is 27.5. The molecule has 10 nitrogen and oxygen atoms in total. The third-order valence-electron chi connectivity index (χ3n) is 7.69. The van der Waals surface area contributed by atoms with Crippen LogP contribution in [-0.2, 0) is 6.54 Å². The molecule has 0 bridgehead atoms. The van der Waals surface area contributed by atoms with E-state index in [1.165, 1.54) is 12.8 Å². The lowest BCUT2D eigenvalue weighted by Crippen LogP contribution is -2.22. The molecule has 2 fully saturated rings. The molecule has 2 saturated carbocycles. The van der Waals surface area contributed by atoms with Crippen LogP contribution in [0.1, 0.15) is 68.6 Å². The number of thiazole rings is 1. The number of aryl methyl sites for hydroxylation is 2. The molecule has 208 valence electrons. The van der Waals surface area contributed by atoms with Crippen molar-refractivity contribution in [1.82, 2.24) is 29.9 Å². The van der Waals surface area contributed by atoms with Gasteiger partial charge < -0.3 is 15.7 Å². The van der Waals surface area contributed by atoms with Crippen molar-refractivity contribution < 1.29 is 5.11 Å². The quantitative estimate of drug-likeness (QED) is 0.269. The number of hydrogen-bond donors (Lipinski definition) is 3. The summed E-state index contributed by atoms with van der Waals surface area (Å²) in [5.41, 5.74) is 3.64. The van der Waals surface area contributed by atoms with Crippen molar-refractivity contribution >= 4 is 28.8 Å². The Labute approximate surface area is 234 Å². The van der Waals surface area contributed by atoms with Crippen molar-refractivity contribution in [2.45, 2.75) is 91.0 Å². The van der Waals surface area contributed by atoms with Crippen molar-refractivity contribution in [3.63, 3.8) is 0 Å². The van der Waals surface area contributed by atoms with Gasteiger partial charge in [-0.1, -0.05) is 25.1 Å². The number of anilines is 2. The molecule has 11 heteroatoms. The van der Waals surface area contributed by atoms with E-state index in [1.807, 2.05) is 13.1 Å². The number of nitrogens with zero attached hydrogens (tertiary/aromatic N) is 7. The fourth-order valence-corrected chi connectivity index (χ4v) is 6.49. The normalized spacial score (nSPS) is 22.2. The van der Waals surface area contributed by atoms with Gasteiger partial charge in [0.25, 0.3) is 0 Å². The predicted molar refractivity (Wildman–Crippen MR) is 156 cm³/mol. The Morgan fingerprint density at radius 3 is 2.79 bits per heavy atom. The Hall–Kier alpha value is -3.18. The van der Waals surface area contributed by atoms with Crippen LogP contribution in [0.4, 0.5) is 11.8 Å². The average molecular weight is 550 g/mol. The van der Waals surface area contributed by atoms with Crippen LogP contribution in [0.25, 0.3) is 10.6 Å². The maximum atomic E-state index is 10.8. The third-order valence-corrected chi connectivity index (χ3v) is 8.67. The minimum Gasteiger partial charge on any atom is -0.393 e. The number of aliphatic imine (C=N–C) groups is 1. The molecule has 0 saturated heterocycles. The zero-order valence-corrected chi connectivity index (χ0v) is 24.1. The highest BCUT2D eigenvalue weighted by molar-refractivity contribution is 7.15. The fraction of sp³-hybridized carbons (Fsp3) is 0.571. The maximum absolute atomic E-state index is 10.8. The Bertz CT molecular complexity index is 1310. The van der Waals surface area contributed by atoms with Gasteiger partial charge in [-0.25, -0.2) is 9.97 Å². The summed E-state index contributed by atoms with van der Waals surface area (Å²) >= 11 is 1.64. The summed E-state index contributed by atoms with van der Waals surface area (Å²) in [4.78, 5) is 20.5. The lowest BCUT2D eigenvalue weighted by Gasteiger charge is -2.20. The third kappa shape index (κ3) is 6.36. The molecule has 0 aromatic carbocycles. The van der Waals surface area contributed by atoms with Gasteiger partial charge in [0, 0.05) is 41.8 Å². The minimum atomic E-state index is -0.425. The van der Waals surface area contributed by atoms with E-state index >= 15 is 0 Å². The summed E-state index contributed by atoms with van der Waals surface area (Å²) in [6, 6.07) is 0.387. The summed E-state index contributed by atoms with van der Waals surface area (Å²) in [5, 5.41) is 26.9. The molecule has 2 aliphatic carbocycles. The molecule has 3 N–H and O–H groups in total. The van der Waals surface area contributed by atoms with E-state index in [0.29, 0.717) is 30.9 Å². The smallest absolute Gasteiger partial charge is 0.225 e. The number of aliphatic hydroxyl groups is 1. The molecule has 2 unspecified atom stereocenters. The summed E-state index contributed by atoms with van der Waals surface area (Å²) in [6.07, 6.45) is 10.4. The molecular weight excluding hydrogens is 510 g/mol. The van der Waals surface area contributed by atoms with Crippen molar-refractivity contribution in [3.05, 3.63) is 41.4 Å². The Morgan fingerprint density at radius 1 is 1.28 bits per heavy atom. The van der Waals surface area contributed by atoms with Crippen LogP contribution in [0.5, 0.6) is 0 Å². The fourth-order valence-electron chi connectivity index (χ4n) is 5.46. The van der Waals surface area contributed by atoms with Gasteiger partial charge in [-0.05, 0) is 58.8 Å². The molecule has 2 aliphatic rings. The van der Waals surface area contributed by atoms with E-state index in [1.54, 1.807) is 28.4 Å². The molecule has 3 heterocycles. The van der Waals surface area contributed by atoms with Crippen LogP contribution in [0.15, 0.2) is 30.2 Å². The molecule has 0 spiro atoms. The van der Waals surface area contributed by atoms with Gasteiger partial charge in [-0.15, -0.1) is 16.4 Å². The van der Waals surface area contributed by atoms with Gasteiger partial charge in [0.1, 0.15) is 10.8 Å². The molecule has 0 aliphatic heterocycles. The summed E-state index contributed by atoms with van der Waals surface area (Å²) in [5.74, 6) is 2.15. The van der Waals surface area contributed by atoms with Gasteiger partial charge in [0.2, 0.25) is 5.95 Å². The first kappa shape index (κ1) is 27.4. The van der Waals surface area contributed by atoms with Gasteiger partial charge in [0.05, 0.1) is 35.0 Å². The summed E-state index contributed by atoms with van der Waals surface area (Å²) in [6.45, 7) is 12.9. The second-order valence-corrected chi connectivity index (χ2v) is 12.0. The molecule has 0 amide bonds. The van der Waals surface area contributed by atoms with E-state index < -0.39 is 6.10 Å². The van der Waals surface area contributed by atoms with E-state index in [0.717, 1.165) is 57.6 Å². The zero-order valence-electron chi connectivity index (χ0n) is 23.3. The molecule has 39 heavy (non-hydrogen) atoms. The lowest BCUT2D eigenvalue weighted by molar-refractivity contribution is 0.120. The summed E-state index contributed by atoms with van der Waals surface area (Å²) < 4.78 is 1.79. The van der Waals surface area contributed by atoms with Crippen molar-refractivity contribution in [2.75, 3.05) is 10.6 Å². The maximum Gasteiger partial charge on any atom is 0.225 e. The Balaban J connectivity index is 1.46. The first-order valence-electron chi connectivity index (χ1n) is 14.0. The first-order chi connectivity index (χ1) is 18.9. The topological polar surface area (TPSA) is 126 Å². The standard InChI is InChI=1S/C28H39N9OS/c1-6-8-22(29-7-2)25-18(5)39-27(34-25)24-17(4)32-28(31-16(3)19-9-10-19)35-26(24)33-21-13-20(23(38)14-21)15-37-12-11-30-36-37/h7,11-12,16,19-21,23,38H,2,6,8-10,13-15H2,1,3-5H3,(H2,31,32,33,35)/t16-,20?,21?,23+/m1/s1. The number of aromatic nitrogens is 6. The SMILES string of the molecule is C=CN=C(CCC)c1nc(-c2c(C)nc(N[C@H](C)C3CC3)nc2NC2CC(Cn3ccnn3)[C@@H](O)C2)sc1C. The highest BCUT2D eigenvalue weighted by Crippen LogP contribution is 2.39. The monoisotopic (exact) mass is 549 g/mol. The molecule has 3 aromatic heterocycles. The first-order valence-corrected chi connectivity index (χ1v) is 14.8. The van der Waals surface area contributed by atoms with Crippen LogP contribution in [0.3, 0.4) is 0 Å². The van der Waals surface area contributed by atoms with Crippen LogP contribution < -0.4 is 10.6 Å². The number of hydrogen-bond acceptors (Lipinski definition) is 10. The Kier molecular flexibility index (Phi) is 8.37. The second-order valence-electron chi connectivity index (χ2n) is 10.8. The van der Waals surface area contributed by atoms with Crippen LogP contribution in [0.2, 0.25) is 0 Å². The minimum absolute atomic E-state index is 0.0637. The van der Waals surface area contributed by atoms with Crippen molar-refractivity contribution in [3.8, 4) is 10.6 Å². The van der Waals surface area contributed by atoms with Crippen molar-refractivity contribution in [2.24, 2.45) is 16.8 Å².